The zero-order valence-electron chi connectivity index (χ0n) is 13.9. The van der Waals surface area contributed by atoms with Crippen LogP contribution in [0.25, 0.3) is 0 Å². The first-order valence-corrected chi connectivity index (χ1v) is 8.42. The van der Waals surface area contributed by atoms with Crippen LogP contribution < -0.4 is 0 Å². The molecular weight excluding hydrogens is 256 g/mol. The third-order valence-electron chi connectivity index (χ3n) is 4.67. The van der Waals surface area contributed by atoms with E-state index in [0.717, 1.165) is 31.3 Å². The van der Waals surface area contributed by atoms with Gasteiger partial charge < -0.3 is 0 Å². The van der Waals surface area contributed by atoms with Crippen LogP contribution in [0, 0.1) is 11.8 Å². The van der Waals surface area contributed by atoms with Crippen molar-refractivity contribution in [3.8, 4) is 0 Å². The van der Waals surface area contributed by atoms with Crippen molar-refractivity contribution in [1.82, 2.24) is 0 Å². The predicted octanol–water partition coefficient (Wildman–Crippen LogP) is 5.55. The van der Waals surface area contributed by atoms with Gasteiger partial charge in [0.2, 0.25) is 0 Å². The minimum atomic E-state index is 0.288. The summed E-state index contributed by atoms with van der Waals surface area (Å²) in [5.74, 6) is 1.25. The van der Waals surface area contributed by atoms with Gasteiger partial charge in [-0.2, -0.15) is 0 Å². The zero-order chi connectivity index (χ0) is 15.4. The molecule has 1 saturated carbocycles. The van der Waals surface area contributed by atoms with E-state index in [2.05, 4.69) is 38.2 Å². The summed E-state index contributed by atoms with van der Waals surface area (Å²) in [6, 6.07) is 0. The summed E-state index contributed by atoms with van der Waals surface area (Å²) in [5.41, 5.74) is 5.41. The molecule has 0 radical (unpaired) electrons. The molecule has 0 aromatic heterocycles. The summed E-state index contributed by atoms with van der Waals surface area (Å²) in [7, 11) is 0. The van der Waals surface area contributed by atoms with Gasteiger partial charge in [0.1, 0.15) is 0 Å². The van der Waals surface area contributed by atoms with Crippen LogP contribution >= 0.6 is 0 Å². The molecule has 0 aliphatic heterocycles. The van der Waals surface area contributed by atoms with Gasteiger partial charge >= 0.3 is 0 Å². The molecule has 0 N–H and O–H groups in total. The molecule has 0 aromatic carbocycles. The summed E-state index contributed by atoms with van der Waals surface area (Å²) in [6.07, 6.45) is 14.1. The van der Waals surface area contributed by atoms with Crippen LogP contribution in [-0.2, 0) is 4.79 Å². The van der Waals surface area contributed by atoms with Crippen LogP contribution in [0.3, 0.4) is 0 Å². The van der Waals surface area contributed by atoms with Gasteiger partial charge in [-0.05, 0) is 57.4 Å². The molecule has 3 aliphatic carbocycles. The van der Waals surface area contributed by atoms with Gasteiger partial charge in [-0.15, -0.1) is 0 Å². The van der Waals surface area contributed by atoms with Gasteiger partial charge in [-0.25, -0.2) is 0 Å². The van der Waals surface area contributed by atoms with E-state index in [0.29, 0.717) is 11.7 Å². The average molecular weight is 284 g/mol. The van der Waals surface area contributed by atoms with Crippen LogP contribution in [0.1, 0.15) is 59.8 Å². The molecule has 114 valence electrons. The lowest BCUT2D eigenvalue weighted by Gasteiger charge is -2.13. The second-order valence-electron chi connectivity index (χ2n) is 6.27. The van der Waals surface area contributed by atoms with Crippen molar-refractivity contribution in [2.45, 2.75) is 59.8 Å². The Morgan fingerprint density at radius 3 is 2.05 bits per heavy atom. The SMILES string of the molecule is CC.CC1=CC=C(C(=O)C2CC2C2=CC=C(C)CC2)CC1. The van der Waals surface area contributed by atoms with Crippen molar-refractivity contribution in [3.05, 3.63) is 46.6 Å². The van der Waals surface area contributed by atoms with E-state index in [-0.39, 0.29) is 5.92 Å². The number of rotatable bonds is 3. The normalized spacial score (nSPS) is 27.4. The van der Waals surface area contributed by atoms with E-state index in [9.17, 15) is 4.79 Å². The predicted molar refractivity (Wildman–Crippen MR) is 90.1 cm³/mol. The molecule has 1 fully saturated rings. The van der Waals surface area contributed by atoms with E-state index in [1.807, 2.05) is 13.8 Å². The van der Waals surface area contributed by atoms with E-state index < -0.39 is 0 Å². The smallest absolute Gasteiger partial charge is 0.162 e. The number of carbonyl (C=O) groups is 1. The van der Waals surface area contributed by atoms with Gasteiger partial charge in [0.15, 0.2) is 5.78 Å². The van der Waals surface area contributed by atoms with Crippen molar-refractivity contribution in [3.63, 3.8) is 0 Å². The Kier molecular flexibility index (Phi) is 5.39. The number of Topliss-reactive ketones (excluding diaryl/α,β-unsaturated/α-hetero) is 1. The summed E-state index contributed by atoms with van der Waals surface area (Å²) < 4.78 is 0. The molecule has 2 atom stereocenters. The molecule has 21 heavy (non-hydrogen) atoms. The molecule has 0 amide bonds. The highest BCUT2D eigenvalue weighted by Crippen LogP contribution is 2.49. The molecule has 1 nitrogen and oxygen atoms in total. The average Bonchev–Trinajstić information content (AvgIpc) is 3.31. The number of carbonyl (C=O) groups excluding carboxylic acids is 1. The minimum absolute atomic E-state index is 0.288. The lowest BCUT2D eigenvalue weighted by Crippen LogP contribution is -2.09. The molecular formula is C20H28O. The summed E-state index contributed by atoms with van der Waals surface area (Å²) in [4.78, 5) is 12.4. The second kappa shape index (κ2) is 7.06. The Hall–Kier alpha value is -1.37. The van der Waals surface area contributed by atoms with Crippen molar-refractivity contribution in [2.75, 3.05) is 0 Å². The molecule has 0 spiro atoms. The summed E-state index contributed by atoms with van der Waals surface area (Å²) >= 11 is 0. The number of hydrogen-bond donors (Lipinski definition) is 0. The molecule has 3 rings (SSSR count). The number of hydrogen-bond acceptors (Lipinski definition) is 1. The topological polar surface area (TPSA) is 17.1 Å². The van der Waals surface area contributed by atoms with Gasteiger partial charge in [0.25, 0.3) is 0 Å². The maximum Gasteiger partial charge on any atom is 0.162 e. The first-order chi connectivity index (χ1) is 10.1. The van der Waals surface area contributed by atoms with Crippen LogP contribution in [0.5, 0.6) is 0 Å². The highest BCUT2D eigenvalue weighted by Gasteiger charge is 2.45. The Labute approximate surface area is 129 Å². The highest BCUT2D eigenvalue weighted by atomic mass is 16.1. The van der Waals surface area contributed by atoms with Gasteiger partial charge in [-0.3, -0.25) is 4.79 Å². The largest absolute Gasteiger partial charge is 0.294 e. The standard InChI is InChI=1S/C18H22O.C2H6/c1-12-3-7-14(8-4-12)16-11-17(16)18(19)15-9-5-13(2)6-10-15;1-2/h3,5,7,9,16-17H,4,6,8,10-11H2,1-2H3;1-2H3. The molecule has 3 aliphatic rings. The highest BCUT2D eigenvalue weighted by molar-refractivity contribution is 5.99. The van der Waals surface area contributed by atoms with E-state index in [4.69, 9.17) is 0 Å². The van der Waals surface area contributed by atoms with Crippen molar-refractivity contribution in [2.24, 2.45) is 11.8 Å². The molecule has 2 unspecified atom stereocenters. The fraction of sp³-hybridized carbons (Fsp3) is 0.550. The molecule has 0 saturated heterocycles. The first-order valence-electron chi connectivity index (χ1n) is 8.42. The molecule has 0 heterocycles. The van der Waals surface area contributed by atoms with Crippen LogP contribution in [0.15, 0.2) is 46.6 Å². The zero-order valence-corrected chi connectivity index (χ0v) is 13.9. The molecule has 0 bridgehead atoms. The third kappa shape index (κ3) is 3.84. The molecule has 1 heteroatoms. The Bertz CT molecular complexity index is 528. The number of allylic oxidation sites excluding steroid dienone is 8. The van der Waals surface area contributed by atoms with E-state index in [1.54, 1.807) is 0 Å². The van der Waals surface area contributed by atoms with Gasteiger partial charge in [0.05, 0.1) is 0 Å². The quantitative estimate of drug-likeness (QED) is 0.664. The monoisotopic (exact) mass is 284 g/mol. The van der Waals surface area contributed by atoms with Crippen LogP contribution in [-0.4, -0.2) is 5.78 Å². The Morgan fingerprint density at radius 2 is 1.52 bits per heavy atom. The van der Waals surface area contributed by atoms with Crippen molar-refractivity contribution >= 4 is 5.78 Å². The Morgan fingerprint density at radius 1 is 0.905 bits per heavy atom. The number of ketones is 1. The van der Waals surface area contributed by atoms with Gasteiger partial charge in [-0.1, -0.05) is 54.9 Å². The van der Waals surface area contributed by atoms with Crippen molar-refractivity contribution < 1.29 is 4.79 Å². The maximum absolute atomic E-state index is 12.4. The van der Waals surface area contributed by atoms with E-state index in [1.165, 1.54) is 23.1 Å². The summed E-state index contributed by atoms with van der Waals surface area (Å²) in [6.45, 7) is 8.32. The second-order valence-corrected chi connectivity index (χ2v) is 6.27. The lowest BCUT2D eigenvalue weighted by molar-refractivity contribution is -0.117. The van der Waals surface area contributed by atoms with E-state index >= 15 is 0 Å². The van der Waals surface area contributed by atoms with Gasteiger partial charge in [0, 0.05) is 5.92 Å². The third-order valence-corrected chi connectivity index (χ3v) is 4.67. The first kappa shape index (κ1) is 16.0. The minimum Gasteiger partial charge on any atom is -0.294 e. The fourth-order valence-electron chi connectivity index (χ4n) is 3.15. The lowest BCUT2D eigenvalue weighted by atomic mass is 9.91. The summed E-state index contributed by atoms with van der Waals surface area (Å²) in [5, 5.41) is 0. The van der Waals surface area contributed by atoms with Crippen molar-refractivity contribution in [1.29, 1.82) is 0 Å². The Balaban J connectivity index is 0.000000774. The maximum atomic E-state index is 12.4. The molecule has 0 aromatic rings. The van der Waals surface area contributed by atoms with Crippen LogP contribution in [0.4, 0.5) is 0 Å². The fourth-order valence-corrected chi connectivity index (χ4v) is 3.15. The van der Waals surface area contributed by atoms with Crippen LogP contribution in [0.2, 0.25) is 0 Å².